The molecule has 2 rings (SSSR count). The van der Waals surface area contributed by atoms with E-state index in [1.54, 1.807) is 11.3 Å². The molecular weight excluding hydrogens is 180 g/mol. The summed E-state index contributed by atoms with van der Waals surface area (Å²) >= 11 is 1.77. The molecule has 2 atom stereocenters. The Hall–Kier alpha value is -0.410. The molecule has 3 heteroatoms. The second kappa shape index (κ2) is 4.20. The average molecular weight is 196 g/mol. The second-order valence-electron chi connectivity index (χ2n) is 3.92. The van der Waals surface area contributed by atoms with Crippen LogP contribution in [0.5, 0.6) is 0 Å². The van der Waals surface area contributed by atoms with E-state index in [2.05, 4.69) is 10.4 Å². The third-order valence-corrected chi connectivity index (χ3v) is 3.57. The zero-order valence-corrected chi connectivity index (χ0v) is 8.59. The number of hydrogen-bond donors (Lipinski definition) is 1. The quantitative estimate of drug-likeness (QED) is 0.787. The molecule has 1 fully saturated rings. The Balaban J connectivity index is 1.87. The van der Waals surface area contributed by atoms with Crippen LogP contribution in [0.1, 0.15) is 30.7 Å². The van der Waals surface area contributed by atoms with Gasteiger partial charge in [-0.05, 0) is 25.2 Å². The van der Waals surface area contributed by atoms with Gasteiger partial charge in [0.15, 0.2) is 0 Å². The highest BCUT2D eigenvalue weighted by molar-refractivity contribution is 7.09. The molecule has 0 aliphatic heterocycles. The first-order valence-electron chi connectivity index (χ1n) is 4.98. The molecule has 0 spiro atoms. The number of hydrogen-bond acceptors (Lipinski definition) is 3. The lowest BCUT2D eigenvalue weighted by atomic mass is 9.84. The third-order valence-electron chi connectivity index (χ3n) is 2.77. The van der Waals surface area contributed by atoms with Crippen LogP contribution in [-0.4, -0.2) is 11.0 Å². The Bertz CT molecular complexity index is 245. The molecule has 1 aliphatic carbocycles. The minimum absolute atomic E-state index is 0.443. The van der Waals surface area contributed by atoms with E-state index < -0.39 is 0 Å². The van der Waals surface area contributed by atoms with Crippen molar-refractivity contribution in [3.05, 3.63) is 16.6 Å². The lowest BCUT2D eigenvalue weighted by molar-refractivity contribution is 0.320. The predicted octanol–water partition coefficient (Wildman–Crippen LogP) is 2.20. The summed E-state index contributed by atoms with van der Waals surface area (Å²) in [6.07, 6.45) is 8.09. The fraction of sp³-hybridized carbons (Fsp3) is 0.700. The minimum Gasteiger partial charge on any atom is -0.328 e. The predicted molar refractivity (Wildman–Crippen MR) is 55.8 cm³/mol. The fourth-order valence-electron chi connectivity index (χ4n) is 2.12. The number of thiazole rings is 1. The smallest absolute Gasteiger partial charge is 0.0927 e. The van der Waals surface area contributed by atoms with Crippen molar-refractivity contribution in [3.8, 4) is 0 Å². The Morgan fingerprint density at radius 2 is 2.46 bits per heavy atom. The first kappa shape index (κ1) is 9.16. The number of aromatic nitrogens is 1. The molecule has 0 aromatic carbocycles. The van der Waals surface area contributed by atoms with Crippen LogP contribution < -0.4 is 5.73 Å². The SMILES string of the molecule is NC1CCCC(Cc2nccs2)C1. The summed E-state index contributed by atoms with van der Waals surface area (Å²) in [5.74, 6) is 0.787. The van der Waals surface area contributed by atoms with Crippen molar-refractivity contribution in [2.45, 2.75) is 38.1 Å². The van der Waals surface area contributed by atoms with Crippen molar-refractivity contribution in [2.24, 2.45) is 11.7 Å². The lowest BCUT2D eigenvalue weighted by Gasteiger charge is -2.25. The van der Waals surface area contributed by atoms with Gasteiger partial charge in [0, 0.05) is 24.0 Å². The van der Waals surface area contributed by atoms with E-state index in [1.807, 2.05) is 6.20 Å². The van der Waals surface area contributed by atoms with Crippen molar-refractivity contribution in [2.75, 3.05) is 0 Å². The maximum atomic E-state index is 5.94. The summed E-state index contributed by atoms with van der Waals surface area (Å²) in [6, 6.07) is 0.443. The highest BCUT2D eigenvalue weighted by Crippen LogP contribution is 2.26. The molecule has 2 nitrogen and oxygen atoms in total. The summed E-state index contributed by atoms with van der Waals surface area (Å²) in [7, 11) is 0. The number of nitrogens with zero attached hydrogens (tertiary/aromatic N) is 1. The molecule has 1 aromatic heterocycles. The standard InChI is InChI=1S/C10H16N2S/c11-9-3-1-2-8(6-9)7-10-12-4-5-13-10/h4-5,8-9H,1-3,6-7,11H2. The molecule has 0 saturated heterocycles. The van der Waals surface area contributed by atoms with Gasteiger partial charge in [0.05, 0.1) is 5.01 Å². The Morgan fingerprint density at radius 3 is 3.15 bits per heavy atom. The monoisotopic (exact) mass is 196 g/mol. The minimum atomic E-state index is 0.443. The highest BCUT2D eigenvalue weighted by atomic mass is 32.1. The molecule has 1 aromatic rings. The third kappa shape index (κ3) is 2.51. The summed E-state index contributed by atoms with van der Waals surface area (Å²) in [5.41, 5.74) is 5.94. The Labute approximate surface area is 83.2 Å². The molecule has 2 N–H and O–H groups in total. The first-order chi connectivity index (χ1) is 6.34. The largest absolute Gasteiger partial charge is 0.328 e. The van der Waals surface area contributed by atoms with E-state index in [-0.39, 0.29) is 0 Å². The molecule has 1 aliphatic rings. The Kier molecular flexibility index (Phi) is 2.96. The van der Waals surface area contributed by atoms with Gasteiger partial charge in [-0.15, -0.1) is 11.3 Å². The number of nitrogens with two attached hydrogens (primary N) is 1. The average Bonchev–Trinajstić information content (AvgIpc) is 2.57. The van der Waals surface area contributed by atoms with Crippen LogP contribution >= 0.6 is 11.3 Å². The van der Waals surface area contributed by atoms with Gasteiger partial charge < -0.3 is 5.73 Å². The van der Waals surface area contributed by atoms with E-state index >= 15 is 0 Å². The van der Waals surface area contributed by atoms with Gasteiger partial charge in [-0.25, -0.2) is 4.98 Å². The van der Waals surface area contributed by atoms with Gasteiger partial charge in [-0.3, -0.25) is 0 Å². The van der Waals surface area contributed by atoms with Crippen LogP contribution in [0, 0.1) is 5.92 Å². The van der Waals surface area contributed by atoms with Crippen molar-refractivity contribution in [1.82, 2.24) is 4.98 Å². The van der Waals surface area contributed by atoms with Gasteiger partial charge in [0.1, 0.15) is 0 Å². The highest BCUT2D eigenvalue weighted by Gasteiger charge is 2.19. The van der Waals surface area contributed by atoms with Crippen LogP contribution in [-0.2, 0) is 6.42 Å². The summed E-state index contributed by atoms with van der Waals surface area (Å²) < 4.78 is 0. The van der Waals surface area contributed by atoms with E-state index in [1.165, 1.54) is 30.7 Å². The summed E-state index contributed by atoms with van der Waals surface area (Å²) in [6.45, 7) is 0. The van der Waals surface area contributed by atoms with Gasteiger partial charge in [0.25, 0.3) is 0 Å². The fourth-order valence-corrected chi connectivity index (χ4v) is 2.85. The van der Waals surface area contributed by atoms with Crippen LogP contribution in [0.4, 0.5) is 0 Å². The van der Waals surface area contributed by atoms with Gasteiger partial charge in [0.2, 0.25) is 0 Å². The van der Waals surface area contributed by atoms with Gasteiger partial charge in [-0.2, -0.15) is 0 Å². The Morgan fingerprint density at radius 1 is 1.54 bits per heavy atom. The molecule has 13 heavy (non-hydrogen) atoms. The van der Waals surface area contributed by atoms with Crippen molar-refractivity contribution < 1.29 is 0 Å². The van der Waals surface area contributed by atoms with E-state index in [4.69, 9.17) is 5.73 Å². The normalized spacial score (nSPS) is 29.0. The molecule has 0 bridgehead atoms. The van der Waals surface area contributed by atoms with Crippen LogP contribution in [0.3, 0.4) is 0 Å². The maximum absolute atomic E-state index is 5.94. The first-order valence-corrected chi connectivity index (χ1v) is 5.86. The summed E-state index contributed by atoms with van der Waals surface area (Å²) in [4.78, 5) is 4.31. The molecule has 1 heterocycles. The summed E-state index contributed by atoms with van der Waals surface area (Å²) in [5, 5.41) is 3.33. The van der Waals surface area contributed by atoms with Gasteiger partial charge >= 0.3 is 0 Å². The van der Waals surface area contributed by atoms with Crippen molar-refractivity contribution in [3.63, 3.8) is 0 Å². The zero-order valence-electron chi connectivity index (χ0n) is 7.78. The van der Waals surface area contributed by atoms with Crippen LogP contribution in [0.15, 0.2) is 11.6 Å². The topological polar surface area (TPSA) is 38.9 Å². The van der Waals surface area contributed by atoms with Crippen molar-refractivity contribution in [1.29, 1.82) is 0 Å². The van der Waals surface area contributed by atoms with Crippen LogP contribution in [0.2, 0.25) is 0 Å². The molecular formula is C10H16N2S. The van der Waals surface area contributed by atoms with Gasteiger partial charge in [-0.1, -0.05) is 6.42 Å². The maximum Gasteiger partial charge on any atom is 0.0927 e. The molecule has 72 valence electrons. The zero-order chi connectivity index (χ0) is 9.10. The molecule has 0 amide bonds. The van der Waals surface area contributed by atoms with Crippen LogP contribution in [0.25, 0.3) is 0 Å². The second-order valence-corrected chi connectivity index (χ2v) is 4.90. The number of rotatable bonds is 2. The lowest BCUT2D eigenvalue weighted by Crippen LogP contribution is -2.28. The van der Waals surface area contributed by atoms with E-state index in [0.717, 1.165) is 12.3 Å². The van der Waals surface area contributed by atoms with E-state index in [9.17, 15) is 0 Å². The molecule has 0 radical (unpaired) electrons. The van der Waals surface area contributed by atoms with Crippen molar-refractivity contribution >= 4 is 11.3 Å². The molecule has 1 saturated carbocycles. The van der Waals surface area contributed by atoms with E-state index in [0.29, 0.717) is 6.04 Å². The molecule has 2 unspecified atom stereocenters.